The number of methoxy groups -OCH3 is 1. The number of aryl methyl sites for hydroxylation is 2. The summed E-state index contributed by atoms with van der Waals surface area (Å²) in [5.41, 5.74) is 7.74. The Morgan fingerprint density at radius 2 is 1.79 bits per heavy atom. The number of anilines is 2. The minimum absolute atomic E-state index is 0.0116. The van der Waals surface area contributed by atoms with Gasteiger partial charge in [0.15, 0.2) is 23.3 Å². The molecule has 3 N–H and O–H groups in total. The number of nitrogens with one attached hydrogen (secondary N) is 3. The lowest BCUT2D eigenvalue weighted by molar-refractivity contribution is -0.126. The molecule has 10 heteroatoms. The van der Waals surface area contributed by atoms with Gasteiger partial charge in [0.1, 0.15) is 0 Å². The average Bonchev–Trinajstić information content (AvgIpc) is 2.80. The second kappa shape index (κ2) is 10.6. The summed E-state index contributed by atoms with van der Waals surface area (Å²) in [6.07, 6.45) is 0.418. The summed E-state index contributed by atoms with van der Waals surface area (Å²) in [6.45, 7) is 5.51. The molecule has 0 aliphatic rings. The third kappa shape index (κ3) is 6.11. The van der Waals surface area contributed by atoms with E-state index in [0.29, 0.717) is 17.2 Å². The number of amides is 2. The first-order valence-corrected chi connectivity index (χ1v) is 10.4. The minimum Gasteiger partial charge on any atom is -0.493 e. The van der Waals surface area contributed by atoms with E-state index in [1.54, 1.807) is 37.3 Å². The van der Waals surface area contributed by atoms with Gasteiger partial charge in [0, 0.05) is 5.69 Å². The molecule has 1 aromatic heterocycles. The summed E-state index contributed by atoms with van der Waals surface area (Å²) in [5, 5.41) is 2.83. The van der Waals surface area contributed by atoms with Crippen molar-refractivity contribution in [3.63, 3.8) is 0 Å². The average molecular weight is 470 g/mol. The normalized spacial score (nSPS) is 11.3. The van der Waals surface area contributed by atoms with Crippen molar-refractivity contribution in [1.29, 1.82) is 0 Å². The Kier molecular flexibility index (Phi) is 7.68. The fraction of sp³-hybridized carbons (Fsp3) is 0.217. The van der Waals surface area contributed by atoms with E-state index in [4.69, 9.17) is 21.1 Å². The first-order valence-electron chi connectivity index (χ1n) is 10.0. The molecule has 3 aromatic rings. The SMILES string of the molecule is COc1ccccc1O[C@@H](C)C(=O)NNc1ncc(Cl)c(C(=O)Nc2ccc(C)c(C)c2)n1. The fourth-order valence-corrected chi connectivity index (χ4v) is 2.95. The molecule has 33 heavy (non-hydrogen) atoms. The zero-order valence-electron chi connectivity index (χ0n) is 18.6. The van der Waals surface area contributed by atoms with Gasteiger partial charge in [-0.1, -0.05) is 29.8 Å². The van der Waals surface area contributed by atoms with Gasteiger partial charge in [-0.25, -0.2) is 9.97 Å². The largest absolute Gasteiger partial charge is 0.493 e. The van der Waals surface area contributed by atoms with Gasteiger partial charge in [0.25, 0.3) is 11.8 Å². The molecule has 172 valence electrons. The lowest BCUT2D eigenvalue weighted by atomic mass is 10.1. The van der Waals surface area contributed by atoms with Gasteiger partial charge >= 0.3 is 0 Å². The summed E-state index contributed by atoms with van der Waals surface area (Å²) < 4.78 is 10.9. The van der Waals surface area contributed by atoms with Crippen molar-refractivity contribution in [1.82, 2.24) is 15.4 Å². The predicted molar refractivity (Wildman–Crippen MR) is 126 cm³/mol. The number of carbonyl (C=O) groups excluding carboxylic acids is 2. The Hall–Kier alpha value is -3.85. The molecule has 2 aromatic carbocycles. The summed E-state index contributed by atoms with van der Waals surface area (Å²) in [5.74, 6) is -0.0720. The van der Waals surface area contributed by atoms with Crippen molar-refractivity contribution < 1.29 is 19.1 Å². The van der Waals surface area contributed by atoms with Crippen LogP contribution in [0.4, 0.5) is 11.6 Å². The highest BCUT2D eigenvalue weighted by Crippen LogP contribution is 2.26. The lowest BCUT2D eigenvalue weighted by Gasteiger charge is -2.17. The molecule has 9 nitrogen and oxygen atoms in total. The van der Waals surface area contributed by atoms with E-state index >= 15 is 0 Å². The van der Waals surface area contributed by atoms with Crippen LogP contribution in [0.3, 0.4) is 0 Å². The monoisotopic (exact) mass is 469 g/mol. The van der Waals surface area contributed by atoms with E-state index in [1.165, 1.54) is 13.3 Å². The van der Waals surface area contributed by atoms with Crippen molar-refractivity contribution in [3.05, 3.63) is 70.5 Å². The van der Waals surface area contributed by atoms with Crippen LogP contribution in [0.1, 0.15) is 28.5 Å². The standard InChI is InChI=1S/C23H24ClN5O4/c1-13-9-10-16(11-14(13)2)26-22(31)20-17(24)12-25-23(27-20)29-28-21(30)15(3)33-19-8-6-5-7-18(19)32-4/h5-12,15H,1-4H3,(H,26,31)(H,28,30)(H,25,27,29)/t15-/m0/s1. The highest BCUT2D eigenvalue weighted by Gasteiger charge is 2.18. The highest BCUT2D eigenvalue weighted by atomic mass is 35.5. The quantitative estimate of drug-likeness (QED) is 0.428. The second-order valence-electron chi connectivity index (χ2n) is 7.17. The molecule has 0 saturated heterocycles. The topological polar surface area (TPSA) is 114 Å². The van der Waals surface area contributed by atoms with Crippen LogP contribution >= 0.6 is 11.6 Å². The van der Waals surface area contributed by atoms with E-state index in [-0.39, 0.29) is 16.7 Å². The van der Waals surface area contributed by atoms with Crippen LogP contribution < -0.4 is 25.6 Å². The molecule has 1 heterocycles. The number of carbonyl (C=O) groups is 2. The maximum atomic E-state index is 12.7. The van der Waals surface area contributed by atoms with Crippen molar-refractivity contribution >= 4 is 35.1 Å². The molecule has 2 amide bonds. The predicted octanol–water partition coefficient (Wildman–Crippen LogP) is 3.92. The van der Waals surface area contributed by atoms with Gasteiger partial charge < -0.3 is 14.8 Å². The van der Waals surface area contributed by atoms with Gasteiger partial charge in [-0.05, 0) is 56.2 Å². The molecule has 0 radical (unpaired) electrons. The number of ether oxygens (including phenoxy) is 2. The third-order valence-corrected chi connectivity index (χ3v) is 5.04. The Labute approximate surface area is 196 Å². The Bertz CT molecular complexity index is 1170. The maximum Gasteiger partial charge on any atom is 0.279 e. The molecule has 1 atom stereocenters. The first-order chi connectivity index (χ1) is 15.8. The minimum atomic E-state index is -0.853. The zero-order valence-corrected chi connectivity index (χ0v) is 19.4. The number of hydrazine groups is 1. The molecular weight excluding hydrogens is 446 g/mol. The summed E-state index contributed by atoms with van der Waals surface area (Å²) >= 11 is 6.11. The molecule has 0 aliphatic carbocycles. The van der Waals surface area contributed by atoms with Gasteiger partial charge in [0.2, 0.25) is 5.95 Å². The van der Waals surface area contributed by atoms with E-state index in [2.05, 4.69) is 26.1 Å². The maximum absolute atomic E-state index is 12.7. The van der Waals surface area contributed by atoms with Crippen LogP contribution in [-0.2, 0) is 4.79 Å². The van der Waals surface area contributed by atoms with Crippen LogP contribution in [0.25, 0.3) is 0 Å². The number of halogens is 1. The van der Waals surface area contributed by atoms with E-state index < -0.39 is 17.9 Å². The van der Waals surface area contributed by atoms with Crippen LogP contribution in [0.2, 0.25) is 5.02 Å². The molecule has 0 bridgehead atoms. The van der Waals surface area contributed by atoms with E-state index in [1.807, 2.05) is 26.0 Å². The van der Waals surface area contributed by atoms with Crippen molar-refractivity contribution in [2.24, 2.45) is 0 Å². The van der Waals surface area contributed by atoms with Crippen LogP contribution in [0, 0.1) is 13.8 Å². The van der Waals surface area contributed by atoms with Crippen LogP contribution in [-0.4, -0.2) is 35.0 Å². The number of rotatable bonds is 8. The Morgan fingerprint density at radius 1 is 1.06 bits per heavy atom. The van der Waals surface area contributed by atoms with Gasteiger partial charge in [-0.3, -0.25) is 20.4 Å². The number of aromatic nitrogens is 2. The van der Waals surface area contributed by atoms with E-state index in [9.17, 15) is 9.59 Å². The van der Waals surface area contributed by atoms with E-state index in [0.717, 1.165) is 11.1 Å². The number of benzene rings is 2. The molecule has 3 rings (SSSR count). The van der Waals surface area contributed by atoms with Gasteiger partial charge in [0.05, 0.1) is 18.3 Å². The number of para-hydroxylation sites is 2. The summed E-state index contributed by atoms with van der Waals surface area (Å²) in [4.78, 5) is 33.2. The van der Waals surface area contributed by atoms with Crippen molar-refractivity contribution in [2.75, 3.05) is 17.9 Å². The number of hydrogen-bond acceptors (Lipinski definition) is 7. The zero-order chi connectivity index (χ0) is 24.0. The second-order valence-corrected chi connectivity index (χ2v) is 7.58. The fourth-order valence-electron chi connectivity index (χ4n) is 2.78. The van der Waals surface area contributed by atoms with Gasteiger partial charge in [-0.15, -0.1) is 0 Å². The summed E-state index contributed by atoms with van der Waals surface area (Å²) in [7, 11) is 1.51. The highest BCUT2D eigenvalue weighted by molar-refractivity contribution is 6.34. The van der Waals surface area contributed by atoms with Crippen molar-refractivity contribution in [2.45, 2.75) is 26.9 Å². The smallest absolute Gasteiger partial charge is 0.279 e. The molecule has 0 fully saturated rings. The van der Waals surface area contributed by atoms with Gasteiger partial charge in [-0.2, -0.15) is 0 Å². The molecule has 0 unspecified atom stereocenters. The molecular formula is C23H24ClN5O4. The number of nitrogens with zero attached hydrogens (tertiary/aromatic N) is 2. The van der Waals surface area contributed by atoms with Crippen LogP contribution in [0.15, 0.2) is 48.7 Å². The molecule has 0 spiro atoms. The third-order valence-electron chi connectivity index (χ3n) is 4.76. The Balaban J connectivity index is 1.63. The molecule has 0 saturated carbocycles. The number of hydrogen-bond donors (Lipinski definition) is 3. The summed E-state index contributed by atoms with van der Waals surface area (Å²) in [6, 6.07) is 12.5. The van der Waals surface area contributed by atoms with Crippen LogP contribution in [0.5, 0.6) is 11.5 Å². The Morgan fingerprint density at radius 3 is 2.48 bits per heavy atom. The molecule has 0 aliphatic heterocycles. The lowest BCUT2D eigenvalue weighted by Crippen LogP contribution is -2.40. The van der Waals surface area contributed by atoms with Crippen molar-refractivity contribution in [3.8, 4) is 11.5 Å². The first kappa shape index (κ1) is 23.8.